The Kier molecular flexibility index (Phi) is 4.63. The average molecular weight is 370 g/mol. The third-order valence-electron chi connectivity index (χ3n) is 3.50. The maximum absolute atomic E-state index is 12.2. The zero-order valence-corrected chi connectivity index (χ0v) is 14.2. The summed E-state index contributed by atoms with van der Waals surface area (Å²) in [6.07, 6.45) is -0.588. The number of nitrogens with one attached hydrogen (secondary N) is 1. The maximum Gasteiger partial charge on any atom is 0.265 e. The van der Waals surface area contributed by atoms with Gasteiger partial charge in [-0.15, -0.1) is 0 Å². The Bertz CT molecular complexity index is 847. The quantitative estimate of drug-likeness (QED) is 0.701. The van der Waals surface area contributed by atoms with Gasteiger partial charge in [-0.25, -0.2) is 0 Å². The molecule has 0 saturated carbocycles. The average Bonchev–Trinajstić information content (AvgIpc) is 2.54. The van der Waals surface area contributed by atoms with Crippen LogP contribution in [0.3, 0.4) is 0 Å². The molecule has 3 aromatic rings. The highest BCUT2D eigenvalue weighted by molar-refractivity contribution is 9.10. The van der Waals surface area contributed by atoms with Crippen molar-refractivity contribution in [2.24, 2.45) is 0 Å². The molecule has 0 saturated heterocycles. The van der Waals surface area contributed by atoms with E-state index in [1.54, 1.807) is 6.92 Å². The summed E-state index contributed by atoms with van der Waals surface area (Å²) < 4.78 is 6.68. The highest BCUT2D eigenvalue weighted by Crippen LogP contribution is 2.22. The molecular weight excluding hydrogens is 354 g/mol. The number of anilines is 1. The summed E-state index contributed by atoms with van der Waals surface area (Å²) >= 11 is 3.38. The van der Waals surface area contributed by atoms with E-state index < -0.39 is 6.10 Å². The van der Waals surface area contributed by atoms with E-state index in [1.807, 2.05) is 66.7 Å². The van der Waals surface area contributed by atoms with Crippen LogP contribution in [0.15, 0.2) is 71.2 Å². The van der Waals surface area contributed by atoms with E-state index in [9.17, 15) is 4.79 Å². The van der Waals surface area contributed by atoms with Crippen LogP contribution in [0, 0.1) is 0 Å². The van der Waals surface area contributed by atoms with Gasteiger partial charge >= 0.3 is 0 Å². The van der Waals surface area contributed by atoms with Gasteiger partial charge < -0.3 is 10.1 Å². The van der Waals surface area contributed by atoms with Gasteiger partial charge in [0.05, 0.1) is 0 Å². The Balaban J connectivity index is 1.69. The van der Waals surface area contributed by atoms with Crippen molar-refractivity contribution in [3.63, 3.8) is 0 Å². The second-order valence-electron chi connectivity index (χ2n) is 5.27. The molecule has 0 aliphatic carbocycles. The Morgan fingerprint density at radius 1 is 1.00 bits per heavy atom. The lowest BCUT2D eigenvalue weighted by Gasteiger charge is -2.15. The van der Waals surface area contributed by atoms with E-state index in [0.29, 0.717) is 5.75 Å². The highest BCUT2D eigenvalue weighted by atomic mass is 79.9. The van der Waals surface area contributed by atoms with E-state index >= 15 is 0 Å². The SMILES string of the molecule is C[C@H](Oc1ccc2ccccc2c1)C(=O)Nc1cccc(Br)c1. The molecule has 0 unspecified atom stereocenters. The lowest BCUT2D eigenvalue weighted by Crippen LogP contribution is -2.30. The molecule has 1 atom stereocenters. The summed E-state index contributed by atoms with van der Waals surface area (Å²) in [6, 6.07) is 21.3. The van der Waals surface area contributed by atoms with Crippen molar-refractivity contribution >= 4 is 38.3 Å². The number of benzene rings is 3. The predicted molar refractivity (Wildman–Crippen MR) is 96.8 cm³/mol. The molecule has 0 radical (unpaired) electrons. The first-order chi connectivity index (χ1) is 11.1. The van der Waals surface area contributed by atoms with Crippen molar-refractivity contribution in [3.8, 4) is 5.75 Å². The molecule has 116 valence electrons. The molecule has 1 amide bonds. The van der Waals surface area contributed by atoms with E-state index in [1.165, 1.54) is 0 Å². The van der Waals surface area contributed by atoms with Crippen LogP contribution in [-0.4, -0.2) is 12.0 Å². The minimum Gasteiger partial charge on any atom is -0.481 e. The number of amides is 1. The Morgan fingerprint density at radius 2 is 1.78 bits per heavy atom. The largest absolute Gasteiger partial charge is 0.481 e. The summed E-state index contributed by atoms with van der Waals surface area (Å²) in [7, 11) is 0. The van der Waals surface area contributed by atoms with Gasteiger partial charge in [-0.1, -0.05) is 52.3 Å². The fourth-order valence-electron chi connectivity index (χ4n) is 2.31. The molecule has 23 heavy (non-hydrogen) atoms. The molecule has 0 aromatic heterocycles. The molecule has 4 heteroatoms. The normalized spacial score (nSPS) is 11.9. The van der Waals surface area contributed by atoms with Crippen LogP contribution in [-0.2, 0) is 4.79 Å². The lowest BCUT2D eigenvalue weighted by molar-refractivity contribution is -0.122. The van der Waals surface area contributed by atoms with Crippen LogP contribution < -0.4 is 10.1 Å². The number of hydrogen-bond acceptors (Lipinski definition) is 2. The topological polar surface area (TPSA) is 38.3 Å². The first kappa shape index (κ1) is 15.6. The maximum atomic E-state index is 12.2. The molecule has 1 N–H and O–H groups in total. The van der Waals surface area contributed by atoms with Gasteiger partial charge in [0.2, 0.25) is 0 Å². The van der Waals surface area contributed by atoms with Gasteiger partial charge in [0.15, 0.2) is 6.10 Å². The number of rotatable bonds is 4. The predicted octanol–water partition coefficient (Wildman–Crippen LogP) is 5.01. The lowest BCUT2D eigenvalue weighted by atomic mass is 10.1. The first-order valence-corrected chi connectivity index (χ1v) is 8.13. The minimum absolute atomic E-state index is 0.184. The van der Waals surface area contributed by atoms with Crippen LogP contribution in [0.2, 0.25) is 0 Å². The van der Waals surface area contributed by atoms with Gasteiger partial charge in [0.1, 0.15) is 5.75 Å². The summed E-state index contributed by atoms with van der Waals surface area (Å²) in [6.45, 7) is 1.74. The number of ether oxygens (including phenoxy) is 1. The standard InChI is InChI=1S/C19H16BrNO2/c1-13(19(22)21-17-8-4-7-16(20)12-17)23-18-10-9-14-5-2-3-6-15(14)11-18/h2-13H,1H3,(H,21,22)/t13-/m0/s1. The van der Waals surface area contributed by atoms with E-state index in [4.69, 9.17) is 4.74 Å². The van der Waals surface area contributed by atoms with Crippen LogP contribution in [0.1, 0.15) is 6.92 Å². The molecule has 0 bridgehead atoms. The molecule has 0 heterocycles. The number of fused-ring (bicyclic) bond motifs is 1. The van der Waals surface area contributed by atoms with E-state index in [2.05, 4.69) is 21.2 Å². The first-order valence-electron chi connectivity index (χ1n) is 7.34. The fraction of sp³-hybridized carbons (Fsp3) is 0.105. The fourth-order valence-corrected chi connectivity index (χ4v) is 2.71. The molecule has 0 fully saturated rings. The minimum atomic E-state index is -0.588. The zero-order chi connectivity index (χ0) is 16.2. The zero-order valence-electron chi connectivity index (χ0n) is 12.6. The molecule has 0 spiro atoms. The second kappa shape index (κ2) is 6.84. The van der Waals surface area contributed by atoms with Gasteiger partial charge in [-0.3, -0.25) is 4.79 Å². The van der Waals surface area contributed by atoms with Crippen LogP contribution in [0.25, 0.3) is 10.8 Å². The van der Waals surface area contributed by atoms with Crippen molar-refractivity contribution < 1.29 is 9.53 Å². The number of carbonyl (C=O) groups excluding carboxylic acids is 1. The van der Waals surface area contributed by atoms with Gasteiger partial charge in [-0.05, 0) is 48.0 Å². The van der Waals surface area contributed by atoms with Gasteiger partial charge in [0, 0.05) is 10.2 Å². The number of carbonyl (C=O) groups is 1. The highest BCUT2D eigenvalue weighted by Gasteiger charge is 2.15. The molecule has 0 aliphatic rings. The molecule has 3 nitrogen and oxygen atoms in total. The Hall–Kier alpha value is -2.33. The van der Waals surface area contributed by atoms with Gasteiger partial charge in [0.25, 0.3) is 5.91 Å². The number of hydrogen-bond donors (Lipinski definition) is 1. The van der Waals surface area contributed by atoms with Crippen molar-refractivity contribution in [2.75, 3.05) is 5.32 Å². The second-order valence-corrected chi connectivity index (χ2v) is 6.18. The van der Waals surface area contributed by atoms with Crippen molar-refractivity contribution in [3.05, 3.63) is 71.2 Å². The smallest absolute Gasteiger partial charge is 0.265 e. The monoisotopic (exact) mass is 369 g/mol. The third-order valence-corrected chi connectivity index (χ3v) is 3.99. The Labute approximate surface area is 143 Å². The molecule has 3 rings (SSSR count). The van der Waals surface area contributed by atoms with Gasteiger partial charge in [-0.2, -0.15) is 0 Å². The Morgan fingerprint density at radius 3 is 2.57 bits per heavy atom. The van der Waals surface area contributed by atoms with Crippen molar-refractivity contribution in [2.45, 2.75) is 13.0 Å². The summed E-state index contributed by atoms with van der Waals surface area (Å²) in [4.78, 5) is 12.2. The summed E-state index contributed by atoms with van der Waals surface area (Å²) in [5.41, 5.74) is 0.735. The third kappa shape index (κ3) is 3.90. The summed E-state index contributed by atoms with van der Waals surface area (Å²) in [5.74, 6) is 0.497. The van der Waals surface area contributed by atoms with E-state index in [-0.39, 0.29) is 5.91 Å². The van der Waals surface area contributed by atoms with Crippen LogP contribution >= 0.6 is 15.9 Å². The molecule has 3 aromatic carbocycles. The molecular formula is C19H16BrNO2. The number of halogens is 1. The van der Waals surface area contributed by atoms with Crippen LogP contribution in [0.4, 0.5) is 5.69 Å². The van der Waals surface area contributed by atoms with Crippen molar-refractivity contribution in [1.82, 2.24) is 0 Å². The van der Waals surface area contributed by atoms with Crippen molar-refractivity contribution in [1.29, 1.82) is 0 Å². The van der Waals surface area contributed by atoms with Crippen LogP contribution in [0.5, 0.6) is 5.75 Å². The molecule has 0 aliphatic heterocycles. The van der Waals surface area contributed by atoms with E-state index in [0.717, 1.165) is 20.9 Å². The summed E-state index contributed by atoms with van der Waals surface area (Å²) in [5, 5.41) is 5.08.